The van der Waals surface area contributed by atoms with E-state index in [9.17, 15) is 4.21 Å². The molecule has 9 heavy (non-hydrogen) atoms. The summed E-state index contributed by atoms with van der Waals surface area (Å²) in [6, 6.07) is 0.353. The highest BCUT2D eigenvalue weighted by Crippen LogP contribution is 2.24. The monoisotopic (exact) mass is 147 g/mol. The minimum atomic E-state index is -0.741. The summed E-state index contributed by atoms with van der Waals surface area (Å²) in [5, 5.41) is 0.465. The Morgan fingerprint density at radius 2 is 2.11 bits per heavy atom. The van der Waals surface area contributed by atoms with E-state index < -0.39 is 11.0 Å². The largest absolute Gasteiger partial charge is 0.243 e. The van der Waals surface area contributed by atoms with E-state index in [1.807, 2.05) is 13.8 Å². The van der Waals surface area contributed by atoms with Crippen molar-refractivity contribution in [3.05, 3.63) is 0 Å². The van der Waals surface area contributed by atoms with Gasteiger partial charge < -0.3 is 0 Å². The van der Waals surface area contributed by atoms with Crippen LogP contribution in [0.25, 0.3) is 0 Å². The van der Waals surface area contributed by atoms with Gasteiger partial charge in [0.15, 0.2) is 0 Å². The molecule has 0 amide bonds. The Labute approximate surface area is 58.6 Å². The van der Waals surface area contributed by atoms with Crippen molar-refractivity contribution in [1.29, 1.82) is 0 Å². The van der Waals surface area contributed by atoms with Crippen LogP contribution in [0.5, 0.6) is 0 Å². The molecule has 1 saturated carbocycles. The van der Waals surface area contributed by atoms with Crippen molar-refractivity contribution in [3.8, 4) is 0 Å². The third-order valence-electron chi connectivity index (χ3n) is 1.18. The molecule has 0 saturated heterocycles. The summed E-state index contributed by atoms with van der Waals surface area (Å²) in [6.45, 7) is 4.03. The summed E-state index contributed by atoms with van der Waals surface area (Å²) < 4.78 is 14.0. The molecule has 1 fully saturated rings. The fourth-order valence-corrected chi connectivity index (χ4v) is 1.83. The Kier molecular flexibility index (Phi) is 2.24. The molecule has 1 aliphatic carbocycles. The van der Waals surface area contributed by atoms with Gasteiger partial charge in [0.05, 0.1) is 11.0 Å². The molecule has 1 aliphatic rings. The minimum absolute atomic E-state index is 0.353. The average Bonchev–Trinajstić information content (AvgIpc) is 2.40. The molecule has 1 N–H and O–H groups in total. The lowest BCUT2D eigenvalue weighted by atomic mass is 10.4. The molecule has 1 atom stereocenters. The van der Waals surface area contributed by atoms with Crippen LogP contribution in [0.4, 0.5) is 0 Å². The number of hydrogen-bond donors (Lipinski definition) is 1. The van der Waals surface area contributed by atoms with E-state index in [-0.39, 0.29) is 0 Å². The standard InChI is InChI=1S/C6H13NOS/c1-5(2)7-9(8)6-3-4-6/h5-7H,3-4H2,1-2H3. The maximum absolute atomic E-state index is 11.0. The van der Waals surface area contributed by atoms with Gasteiger partial charge in [0.25, 0.3) is 0 Å². The Hall–Kier alpha value is 0.110. The Morgan fingerprint density at radius 1 is 1.56 bits per heavy atom. The third-order valence-corrected chi connectivity index (χ3v) is 2.96. The van der Waals surface area contributed by atoms with Crippen LogP contribution in [0, 0.1) is 0 Å². The molecule has 0 aliphatic heterocycles. The van der Waals surface area contributed by atoms with E-state index in [4.69, 9.17) is 0 Å². The van der Waals surface area contributed by atoms with E-state index in [2.05, 4.69) is 4.72 Å². The lowest BCUT2D eigenvalue weighted by Crippen LogP contribution is -2.27. The summed E-state index contributed by atoms with van der Waals surface area (Å²) in [4.78, 5) is 0. The van der Waals surface area contributed by atoms with Crippen molar-refractivity contribution in [2.75, 3.05) is 0 Å². The zero-order valence-electron chi connectivity index (χ0n) is 5.89. The summed E-state index contributed by atoms with van der Waals surface area (Å²) in [5.41, 5.74) is 0. The first-order chi connectivity index (χ1) is 4.20. The molecule has 0 radical (unpaired) electrons. The number of rotatable bonds is 3. The van der Waals surface area contributed by atoms with Crippen LogP contribution in [0.3, 0.4) is 0 Å². The summed E-state index contributed by atoms with van der Waals surface area (Å²) in [7, 11) is -0.741. The molecule has 0 aromatic heterocycles. The van der Waals surface area contributed by atoms with E-state index in [1.165, 1.54) is 0 Å². The van der Waals surface area contributed by atoms with Gasteiger partial charge in [-0.2, -0.15) is 0 Å². The SMILES string of the molecule is CC(C)NS(=O)C1CC1. The van der Waals surface area contributed by atoms with Gasteiger partial charge in [0.2, 0.25) is 0 Å². The Balaban J connectivity index is 2.18. The topological polar surface area (TPSA) is 29.1 Å². The maximum Gasteiger partial charge on any atom is 0.0949 e. The van der Waals surface area contributed by atoms with Gasteiger partial charge in [-0.3, -0.25) is 0 Å². The predicted molar refractivity (Wildman–Crippen MR) is 39.4 cm³/mol. The summed E-state index contributed by atoms with van der Waals surface area (Å²) in [6.07, 6.45) is 2.29. The molecule has 0 aromatic rings. The maximum atomic E-state index is 11.0. The second kappa shape index (κ2) is 2.80. The first-order valence-corrected chi connectivity index (χ1v) is 4.58. The van der Waals surface area contributed by atoms with Crippen LogP contribution in [0.15, 0.2) is 0 Å². The molecule has 0 heterocycles. The highest BCUT2D eigenvalue weighted by Gasteiger charge is 2.28. The van der Waals surface area contributed by atoms with Gasteiger partial charge in [0.1, 0.15) is 0 Å². The Morgan fingerprint density at radius 3 is 2.44 bits per heavy atom. The van der Waals surface area contributed by atoms with Crippen LogP contribution in [-0.4, -0.2) is 15.5 Å². The second-order valence-electron chi connectivity index (χ2n) is 2.77. The lowest BCUT2D eigenvalue weighted by molar-refractivity contribution is 0.655. The zero-order valence-corrected chi connectivity index (χ0v) is 6.70. The zero-order chi connectivity index (χ0) is 6.85. The van der Waals surface area contributed by atoms with Crippen molar-refractivity contribution in [1.82, 2.24) is 4.72 Å². The second-order valence-corrected chi connectivity index (χ2v) is 4.27. The summed E-state index contributed by atoms with van der Waals surface area (Å²) >= 11 is 0. The average molecular weight is 147 g/mol. The van der Waals surface area contributed by atoms with Crippen molar-refractivity contribution in [2.45, 2.75) is 38.0 Å². The molecule has 54 valence electrons. The highest BCUT2D eigenvalue weighted by molar-refractivity contribution is 7.84. The molecule has 0 spiro atoms. The van der Waals surface area contributed by atoms with Crippen LogP contribution >= 0.6 is 0 Å². The first kappa shape index (κ1) is 7.22. The van der Waals surface area contributed by atoms with Crippen LogP contribution in [-0.2, 0) is 11.0 Å². The molecule has 1 rings (SSSR count). The molecular weight excluding hydrogens is 134 g/mol. The molecule has 2 nitrogen and oxygen atoms in total. The third kappa shape index (κ3) is 2.45. The van der Waals surface area contributed by atoms with Crippen molar-refractivity contribution < 1.29 is 4.21 Å². The van der Waals surface area contributed by atoms with Gasteiger partial charge in [0, 0.05) is 11.3 Å². The van der Waals surface area contributed by atoms with Crippen molar-refractivity contribution in [3.63, 3.8) is 0 Å². The molecule has 1 unspecified atom stereocenters. The van der Waals surface area contributed by atoms with Crippen LogP contribution in [0.2, 0.25) is 0 Å². The Bertz CT molecular complexity index is 120. The summed E-state index contributed by atoms with van der Waals surface area (Å²) in [5.74, 6) is 0. The van der Waals surface area contributed by atoms with Crippen LogP contribution < -0.4 is 4.72 Å². The fraction of sp³-hybridized carbons (Fsp3) is 1.00. The van der Waals surface area contributed by atoms with E-state index in [0.717, 1.165) is 12.8 Å². The molecule has 0 aromatic carbocycles. The fourth-order valence-electron chi connectivity index (χ4n) is 0.611. The van der Waals surface area contributed by atoms with Crippen molar-refractivity contribution in [2.24, 2.45) is 0 Å². The smallest absolute Gasteiger partial charge is 0.0949 e. The van der Waals surface area contributed by atoms with E-state index in [0.29, 0.717) is 11.3 Å². The van der Waals surface area contributed by atoms with Crippen molar-refractivity contribution >= 4 is 11.0 Å². The van der Waals surface area contributed by atoms with Gasteiger partial charge >= 0.3 is 0 Å². The van der Waals surface area contributed by atoms with Gasteiger partial charge in [-0.1, -0.05) is 0 Å². The van der Waals surface area contributed by atoms with Crippen LogP contribution in [0.1, 0.15) is 26.7 Å². The molecule has 0 bridgehead atoms. The predicted octanol–water partition coefficient (Wildman–Crippen LogP) is 0.810. The molecule has 3 heteroatoms. The van der Waals surface area contributed by atoms with Gasteiger partial charge in [-0.05, 0) is 26.7 Å². The van der Waals surface area contributed by atoms with Gasteiger partial charge in [-0.25, -0.2) is 8.93 Å². The first-order valence-electron chi connectivity index (χ1n) is 3.37. The van der Waals surface area contributed by atoms with E-state index in [1.54, 1.807) is 0 Å². The number of hydrogen-bond acceptors (Lipinski definition) is 1. The number of nitrogens with one attached hydrogen (secondary N) is 1. The highest BCUT2D eigenvalue weighted by atomic mass is 32.2. The quantitative estimate of drug-likeness (QED) is 0.629. The van der Waals surface area contributed by atoms with Gasteiger partial charge in [-0.15, -0.1) is 0 Å². The lowest BCUT2D eigenvalue weighted by Gasteiger charge is -2.04. The van der Waals surface area contributed by atoms with E-state index >= 15 is 0 Å². The normalized spacial score (nSPS) is 22.6. The molecular formula is C6H13NOS. The minimum Gasteiger partial charge on any atom is -0.243 e.